The van der Waals surface area contributed by atoms with Gasteiger partial charge in [0.25, 0.3) is 0 Å². The van der Waals surface area contributed by atoms with Crippen LogP contribution < -0.4 is 0 Å². The Kier molecular flexibility index (Phi) is 8.20. The quantitative estimate of drug-likeness (QED) is 0.273. The molecule has 0 radical (unpaired) electrons. The molecule has 152 valence electrons. The molecule has 0 aromatic rings. The van der Waals surface area contributed by atoms with Crippen LogP contribution in [-0.4, -0.2) is 44.0 Å². The van der Waals surface area contributed by atoms with Gasteiger partial charge in [-0.05, 0) is 6.42 Å². The molecule has 0 aliphatic rings. The lowest BCUT2D eigenvalue weighted by atomic mass is 10.3. The molecule has 0 unspecified atom stereocenters. The highest BCUT2D eigenvalue weighted by Crippen LogP contribution is 2.53. The number of hydrogen-bond donors (Lipinski definition) is 0. The molecule has 0 atom stereocenters. The molecule has 0 aromatic heterocycles. The highest BCUT2D eigenvalue weighted by molar-refractivity contribution is 7.48. The zero-order valence-corrected chi connectivity index (χ0v) is 13.3. The van der Waals surface area contributed by atoms with Crippen LogP contribution >= 0.6 is 7.82 Å². The van der Waals surface area contributed by atoms with Gasteiger partial charge in [0.1, 0.15) is 13.2 Å². The topological polar surface area (TPSA) is 44.8 Å². The highest BCUT2D eigenvalue weighted by atomic mass is 31.2. The van der Waals surface area contributed by atoms with Crippen LogP contribution in [0.15, 0.2) is 0 Å². The molecule has 0 aliphatic heterocycles. The zero-order valence-electron chi connectivity index (χ0n) is 12.4. The first-order chi connectivity index (χ1) is 11.0. The molecule has 0 rings (SSSR count). The number of halogens is 10. The van der Waals surface area contributed by atoms with Gasteiger partial charge in [0.15, 0.2) is 0 Å². The molecule has 0 bridgehead atoms. The van der Waals surface area contributed by atoms with Gasteiger partial charge in [-0.1, -0.05) is 13.3 Å². The molecule has 0 fully saturated rings. The van der Waals surface area contributed by atoms with Crippen LogP contribution in [0.5, 0.6) is 0 Å². The van der Waals surface area contributed by atoms with Crippen molar-refractivity contribution in [3.63, 3.8) is 0 Å². The molecule has 0 aromatic carbocycles. The van der Waals surface area contributed by atoms with Gasteiger partial charge in [-0.3, -0.25) is 13.6 Å². The van der Waals surface area contributed by atoms with Crippen LogP contribution in [-0.2, 0) is 18.1 Å². The summed E-state index contributed by atoms with van der Waals surface area (Å²) in [6.45, 7) is -4.44. The van der Waals surface area contributed by atoms with Crippen LogP contribution in [0.25, 0.3) is 0 Å². The number of phosphoric ester groups is 1. The molecule has 15 heteroatoms. The lowest BCUT2D eigenvalue weighted by molar-refractivity contribution is -0.295. The fourth-order valence-electron chi connectivity index (χ4n) is 0.916. The molecule has 4 nitrogen and oxygen atoms in total. The molecule has 25 heavy (non-hydrogen) atoms. The largest absolute Gasteiger partial charge is 0.475 e. The highest BCUT2D eigenvalue weighted by Gasteiger charge is 2.60. The Morgan fingerprint density at radius 3 is 1.36 bits per heavy atom. The summed E-state index contributed by atoms with van der Waals surface area (Å²) in [5.74, 6) is -11.1. The predicted molar refractivity (Wildman–Crippen MR) is 62.4 cm³/mol. The van der Waals surface area contributed by atoms with Crippen molar-refractivity contribution >= 4 is 7.82 Å². The van der Waals surface area contributed by atoms with E-state index in [9.17, 15) is 48.5 Å². The maximum atomic E-state index is 12.7. The zero-order chi connectivity index (χ0) is 20.2. The number of hydrogen-bond acceptors (Lipinski definition) is 4. The van der Waals surface area contributed by atoms with Gasteiger partial charge >= 0.3 is 32.0 Å². The summed E-state index contributed by atoms with van der Waals surface area (Å²) >= 11 is 0. The molecule has 0 amide bonds. The lowest BCUT2D eigenvalue weighted by Crippen LogP contribution is -2.41. The first kappa shape index (κ1) is 24.4. The van der Waals surface area contributed by atoms with Gasteiger partial charge in [-0.25, -0.2) is 4.57 Å². The van der Waals surface area contributed by atoms with Gasteiger partial charge in [-0.2, -0.15) is 43.9 Å². The standard InChI is InChI=1S/C10H13F10O4P/c1-2-3-4-22-25(21,23-5-7(11,12)9(15,16)17)24-6-8(13,14)10(18,19)20/h2-6H2,1H3. The van der Waals surface area contributed by atoms with E-state index < -0.39 is 51.8 Å². The van der Waals surface area contributed by atoms with Gasteiger partial charge in [0.05, 0.1) is 6.61 Å². The van der Waals surface area contributed by atoms with Crippen molar-refractivity contribution < 1.29 is 62.0 Å². The summed E-state index contributed by atoms with van der Waals surface area (Å²) in [5.41, 5.74) is 0. The SMILES string of the molecule is CCCCOP(=O)(OCC(F)(F)C(F)(F)F)OCC(F)(F)C(F)(F)F. The van der Waals surface area contributed by atoms with Crippen molar-refractivity contribution in [2.45, 2.75) is 44.0 Å². The number of alkyl halides is 10. The summed E-state index contributed by atoms with van der Waals surface area (Å²) in [6, 6.07) is 0. The fraction of sp³-hybridized carbons (Fsp3) is 1.00. The number of phosphoric acid groups is 1. The van der Waals surface area contributed by atoms with Crippen LogP contribution in [0.1, 0.15) is 19.8 Å². The molecule has 0 heterocycles. The first-order valence-corrected chi connectivity index (χ1v) is 7.86. The third kappa shape index (κ3) is 7.67. The fourth-order valence-corrected chi connectivity index (χ4v) is 2.13. The molecular formula is C10H13F10O4P. The van der Waals surface area contributed by atoms with Gasteiger partial charge in [0.2, 0.25) is 0 Å². The summed E-state index contributed by atoms with van der Waals surface area (Å²) < 4.78 is 146. The van der Waals surface area contributed by atoms with E-state index in [1.165, 1.54) is 6.92 Å². The van der Waals surface area contributed by atoms with Crippen LogP contribution in [0.4, 0.5) is 43.9 Å². The van der Waals surface area contributed by atoms with E-state index in [0.717, 1.165) is 0 Å². The van der Waals surface area contributed by atoms with E-state index in [4.69, 9.17) is 0 Å². The number of rotatable bonds is 10. The van der Waals surface area contributed by atoms with Crippen molar-refractivity contribution in [3.05, 3.63) is 0 Å². The van der Waals surface area contributed by atoms with E-state index in [1.807, 2.05) is 0 Å². The van der Waals surface area contributed by atoms with E-state index in [-0.39, 0.29) is 6.42 Å². The normalized spacial score (nSPS) is 14.8. The van der Waals surface area contributed by atoms with Gasteiger partial charge in [-0.15, -0.1) is 0 Å². The second-order valence-corrected chi connectivity index (χ2v) is 6.25. The molecule has 0 N–H and O–H groups in total. The lowest BCUT2D eigenvalue weighted by Gasteiger charge is -2.25. The molecule has 0 spiro atoms. The van der Waals surface area contributed by atoms with E-state index in [0.29, 0.717) is 6.42 Å². The predicted octanol–water partition coefficient (Wildman–Crippen LogP) is 5.34. The third-order valence-electron chi connectivity index (χ3n) is 2.38. The number of unbranched alkanes of at least 4 members (excludes halogenated alkanes) is 1. The Hall–Kier alpha value is -0.590. The smallest absolute Gasteiger partial charge is 0.287 e. The Morgan fingerprint density at radius 1 is 0.720 bits per heavy atom. The van der Waals surface area contributed by atoms with Crippen molar-refractivity contribution in [1.29, 1.82) is 0 Å². The Labute approximate surface area is 135 Å². The van der Waals surface area contributed by atoms with Crippen LogP contribution in [0, 0.1) is 0 Å². The van der Waals surface area contributed by atoms with E-state index in [2.05, 4.69) is 13.6 Å². The minimum atomic E-state index is -6.14. The van der Waals surface area contributed by atoms with E-state index in [1.54, 1.807) is 0 Å². The monoisotopic (exact) mass is 418 g/mol. The van der Waals surface area contributed by atoms with Gasteiger partial charge < -0.3 is 0 Å². The summed E-state index contributed by atoms with van der Waals surface area (Å²) in [7, 11) is -5.54. The second-order valence-electron chi connectivity index (χ2n) is 4.59. The summed E-state index contributed by atoms with van der Waals surface area (Å²) in [4.78, 5) is 0. The van der Waals surface area contributed by atoms with Crippen LogP contribution in [0.3, 0.4) is 0 Å². The molecule has 0 saturated carbocycles. The minimum absolute atomic E-state index is 0.0159. The first-order valence-electron chi connectivity index (χ1n) is 6.40. The van der Waals surface area contributed by atoms with Crippen molar-refractivity contribution in [1.82, 2.24) is 0 Å². The van der Waals surface area contributed by atoms with E-state index >= 15 is 0 Å². The van der Waals surface area contributed by atoms with Crippen molar-refractivity contribution in [3.8, 4) is 0 Å². The average molecular weight is 418 g/mol. The average Bonchev–Trinajstić information content (AvgIpc) is 2.41. The molecule has 0 saturated heterocycles. The molecule has 0 aliphatic carbocycles. The van der Waals surface area contributed by atoms with Crippen molar-refractivity contribution in [2.75, 3.05) is 19.8 Å². The summed E-state index contributed by atoms with van der Waals surface area (Å²) in [5, 5.41) is 0. The van der Waals surface area contributed by atoms with Crippen LogP contribution in [0.2, 0.25) is 0 Å². The summed E-state index contributed by atoms with van der Waals surface area (Å²) in [6.07, 6.45) is -12.0. The Morgan fingerprint density at radius 2 is 1.08 bits per heavy atom. The minimum Gasteiger partial charge on any atom is -0.287 e. The van der Waals surface area contributed by atoms with Crippen molar-refractivity contribution in [2.24, 2.45) is 0 Å². The maximum absolute atomic E-state index is 12.7. The third-order valence-corrected chi connectivity index (χ3v) is 3.77. The second kappa shape index (κ2) is 8.40. The van der Waals surface area contributed by atoms with Gasteiger partial charge in [0, 0.05) is 0 Å². The maximum Gasteiger partial charge on any atom is 0.475 e. The Bertz CT molecular complexity index is 428. The Balaban J connectivity index is 5.10. The molecular weight excluding hydrogens is 405 g/mol.